The Morgan fingerprint density at radius 2 is 2.20 bits per heavy atom. The van der Waals surface area contributed by atoms with Gasteiger partial charge in [0.15, 0.2) is 0 Å². The average molecular weight is 292 g/mol. The van der Waals surface area contributed by atoms with E-state index in [0.29, 0.717) is 5.75 Å². The first kappa shape index (κ1) is 14.5. The predicted octanol–water partition coefficient (Wildman–Crippen LogP) is 2.73. The van der Waals surface area contributed by atoms with Crippen LogP contribution in [0.3, 0.4) is 0 Å². The van der Waals surface area contributed by atoms with Crippen molar-refractivity contribution in [1.29, 1.82) is 0 Å². The fraction of sp³-hybridized carbons (Fsp3) is 0.286. The maximum Gasteiger partial charge on any atom is 0.339 e. The van der Waals surface area contributed by atoms with Crippen LogP contribution in [0.15, 0.2) is 29.3 Å². The van der Waals surface area contributed by atoms with Gasteiger partial charge in [0.1, 0.15) is 11.3 Å². The number of carboxylic acids is 1. The molecular weight excluding hydrogens is 276 g/mol. The Hall–Kier alpha value is -1.95. The van der Waals surface area contributed by atoms with Gasteiger partial charge in [0.05, 0.1) is 17.8 Å². The molecule has 0 spiro atoms. The second-order valence-corrected chi connectivity index (χ2v) is 5.37. The molecule has 106 valence electrons. The maximum atomic E-state index is 11.0. The summed E-state index contributed by atoms with van der Waals surface area (Å²) < 4.78 is 6.96. The minimum atomic E-state index is -0.983. The third kappa shape index (κ3) is 3.14. The number of carbonyl (C=O) groups is 1. The Balaban J connectivity index is 2.14. The number of thioether (sulfide) groups is 1. The fourth-order valence-electron chi connectivity index (χ4n) is 1.88. The van der Waals surface area contributed by atoms with Crippen molar-refractivity contribution in [3.05, 3.63) is 41.1 Å². The minimum Gasteiger partial charge on any atom is -0.496 e. The summed E-state index contributed by atoms with van der Waals surface area (Å²) in [7, 11) is 3.38. The highest BCUT2D eigenvalue weighted by atomic mass is 32.2. The van der Waals surface area contributed by atoms with Crippen molar-refractivity contribution in [1.82, 2.24) is 9.78 Å². The highest BCUT2D eigenvalue weighted by Gasteiger charge is 2.11. The number of benzene rings is 1. The molecule has 2 aromatic rings. The number of carboxylic acid groups (broad SMARTS) is 1. The number of methoxy groups -OCH3 is 1. The second-order valence-electron chi connectivity index (χ2n) is 4.38. The highest BCUT2D eigenvalue weighted by Crippen LogP contribution is 2.26. The van der Waals surface area contributed by atoms with Crippen LogP contribution >= 0.6 is 11.8 Å². The van der Waals surface area contributed by atoms with Gasteiger partial charge in [-0.05, 0) is 30.7 Å². The molecule has 1 N–H and O–H groups in total. The van der Waals surface area contributed by atoms with Crippen LogP contribution in [0, 0.1) is 6.92 Å². The largest absolute Gasteiger partial charge is 0.496 e. The zero-order chi connectivity index (χ0) is 14.7. The molecule has 0 saturated carbocycles. The lowest BCUT2D eigenvalue weighted by Gasteiger charge is -2.08. The number of hydrogen-bond donors (Lipinski definition) is 1. The summed E-state index contributed by atoms with van der Waals surface area (Å²) in [6.07, 6.45) is 0. The van der Waals surface area contributed by atoms with Gasteiger partial charge in [0.2, 0.25) is 0 Å². The van der Waals surface area contributed by atoms with E-state index in [2.05, 4.69) is 5.10 Å². The molecular formula is C14H16N2O3S. The third-order valence-corrected chi connectivity index (χ3v) is 4.00. The number of aryl methyl sites for hydroxylation is 2. The van der Waals surface area contributed by atoms with Crippen molar-refractivity contribution >= 4 is 17.7 Å². The summed E-state index contributed by atoms with van der Waals surface area (Å²) in [4.78, 5) is 11.0. The van der Waals surface area contributed by atoms with Gasteiger partial charge in [-0.3, -0.25) is 4.68 Å². The number of aromatic carboxylic acids is 1. The van der Waals surface area contributed by atoms with Crippen LogP contribution in [0.4, 0.5) is 0 Å². The number of ether oxygens (including phenoxy) is 1. The zero-order valence-corrected chi connectivity index (χ0v) is 12.4. The van der Waals surface area contributed by atoms with E-state index in [9.17, 15) is 4.79 Å². The van der Waals surface area contributed by atoms with Crippen LogP contribution < -0.4 is 4.74 Å². The Bertz CT molecular complexity index is 637. The Morgan fingerprint density at radius 1 is 1.45 bits per heavy atom. The molecule has 6 heteroatoms. The van der Waals surface area contributed by atoms with Crippen molar-refractivity contribution in [3.8, 4) is 5.75 Å². The van der Waals surface area contributed by atoms with Crippen molar-refractivity contribution < 1.29 is 14.6 Å². The van der Waals surface area contributed by atoms with E-state index in [4.69, 9.17) is 9.84 Å². The molecule has 2 rings (SSSR count). The molecule has 0 aliphatic heterocycles. The van der Waals surface area contributed by atoms with E-state index in [1.165, 1.54) is 7.11 Å². The highest BCUT2D eigenvalue weighted by molar-refractivity contribution is 7.98. The molecule has 0 radical (unpaired) electrons. The molecule has 0 unspecified atom stereocenters. The lowest BCUT2D eigenvalue weighted by molar-refractivity contribution is 0.0693. The van der Waals surface area contributed by atoms with Crippen LogP contribution in [0.5, 0.6) is 5.75 Å². The topological polar surface area (TPSA) is 64.4 Å². The lowest BCUT2D eigenvalue weighted by atomic mass is 10.1. The quantitative estimate of drug-likeness (QED) is 0.858. The molecule has 1 aromatic heterocycles. The number of aromatic nitrogens is 2. The Kier molecular flexibility index (Phi) is 4.34. The van der Waals surface area contributed by atoms with Crippen molar-refractivity contribution in [3.63, 3.8) is 0 Å². The van der Waals surface area contributed by atoms with Gasteiger partial charge >= 0.3 is 5.97 Å². The SMILES string of the molecule is COc1cc(CSc2cc(C)nn2C)ccc1C(=O)O. The van der Waals surface area contributed by atoms with Gasteiger partial charge in [-0.25, -0.2) is 4.79 Å². The minimum absolute atomic E-state index is 0.178. The second kappa shape index (κ2) is 6.00. The summed E-state index contributed by atoms with van der Waals surface area (Å²) in [6, 6.07) is 7.17. The molecule has 20 heavy (non-hydrogen) atoms. The fourth-order valence-corrected chi connectivity index (χ4v) is 2.86. The summed E-state index contributed by atoms with van der Waals surface area (Å²) in [5.41, 5.74) is 2.17. The van der Waals surface area contributed by atoms with Crippen molar-refractivity contribution in [2.24, 2.45) is 7.05 Å². The first-order chi connectivity index (χ1) is 9.51. The number of rotatable bonds is 5. The summed E-state index contributed by atoms with van der Waals surface area (Å²) in [6.45, 7) is 1.95. The van der Waals surface area contributed by atoms with Crippen molar-refractivity contribution in [2.45, 2.75) is 17.7 Å². The molecule has 0 bridgehead atoms. The van der Waals surface area contributed by atoms with E-state index in [1.54, 1.807) is 23.9 Å². The molecule has 0 amide bonds. The van der Waals surface area contributed by atoms with E-state index in [0.717, 1.165) is 22.0 Å². The lowest BCUT2D eigenvalue weighted by Crippen LogP contribution is -2.01. The zero-order valence-electron chi connectivity index (χ0n) is 11.6. The number of hydrogen-bond acceptors (Lipinski definition) is 4. The average Bonchev–Trinajstić information content (AvgIpc) is 2.74. The van der Waals surface area contributed by atoms with Gasteiger partial charge in [-0.1, -0.05) is 6.07 Å². The van der Waals surface area contributed by atoms with Gasteiger partial charge in [0, 0.05) is 12.8 Å². The first-order valence-corrected chi connectivity index (χ1v) is 7.03. The summed E-state index contributed by atoms with van der Waals surface area (Å²) >= 11 is 1.65. The molecule has 1 aromatic carbocycles. The Morgan fingerprint density at radius 3 is 2.75 bits per heavy atom. The number of nitrogens with zero attached hydrogens (tertiary/aromatic N) is 2. The maximum absolute atomic E-state index is 11.0. The molecule has 0 fully saturated rings. The molecule has 0 saturated heterocycles. The van der Waals surface area contributed by atoms with Crippen LogP contribution in [0.25, 0.3) is 0 Å². The monoisotopic (exact) mass is 292 g/mol. The molecule has 0 aliphatic rings. The van der Waals surface area contributed by atoms with E-state index < -0.39 is 5.97 Å². The van der Waals surface area contributed by atoms with Gasteiger partial charge in [-0.15, -0.1) is 11.8 Å². The van der Waals surface area contributed by atoms with Crippen LogP contribution in [-0.2, 0) is 12.8 Å². The van der Waals surface area contributed by atoms with Crippen molar-refractivity contribution in [2.75, 3.05) is 7.11 Å². The standard InChI is InChI=1S/C14H16N2O3S/c1-9-6-13(16(2)15-9)20-8-10-4-5-11(14(17)18)12(7-10)19-3/h4-7H,8H2,1-3H3,(H,17,18). The summed E-state index contributed by atoms with van der Waals surface area (Å²) in [5, 5.41) is 14.4. The third-order valence-electron chi connectivity index (χ3n) is 2.84. The molecule has 1 heterocycles. The molecule has 5 nitrogen and oxygen atoms in total. The van der Waals surface area contributed by atoms with Crippen LogP contribution in [0.1, 0.15) is 21.6 Å². The summed E-state index contributed by atoms with van der Waals surface area (Å²) in [5.74, 6) is 0.134. The molecule has 0 aliphatic carbocycles. The van der Waals surface area contributed by atoms with E-state index >= 15 is 0 Å². The predicted molar refractivity (Wildman–Crippen MR) is 77.5 cm³/mol. The van der Waals surface area contributed by atoms with Crippen LogP contribution in [-0.4, -0.2) is 28.0 Å². The smallest absolute Gasteiger partial charge is 0.339 e. The van der Waals surface area contributed by atoms with Gasteiger partial charge < -0.3 is 9.84 Å². The van der Waals surface area contributed by atoms with Crippen LogP contribution in [0.2, 0.25) is 0 Å². The van der Waals surface area contributed by atoms with Gasteiger partial charge in [-0.2, -0.15) is 5.10 Å². The molecule has 0 atom stereocenters. The Labute approximate surface area is 121 Å². The normalized spacial score (nSPS) is 10.6. The first-order valence-electron chi connectivity index (χ1n) is 6.05. The van der Waals surface area contributed by atoms with Gasteiger partial charge in [0.25, 0.3) is 0 Å². The van der Waals surface area contributed by atoms with E-state index in [-0.39, 0.29) is 5.56 Å². The van der Waals surface area contributed by atoms with E-state index in [1.807, 2.05) is 30.8 Å².